The van der Waals surface area contributed by atoms with Crippen LogP contribution in [0.4, 0.5) is 0 Å². The largest absolute Gasteiger partial charge is 0.307 e. The summed E-state index contributed by atoms with van der Waals surface area (Å²) >= 11 is 0. The molecular formula is C26H29N6+. The van der Waals surface area contributed by atoms with Gasteiger partial charge >= 0.3 is 0 Å². The Morgan fingerprint density at radius 2 is 0.938 bits per heavy atom. The van der Waals surface area contributed by atoms with Crippen molar-refractivity contribution >= 4 is 0 Å². The summed E-state index contributed by atoms with van der Waals surface area (Å²) in [5, 5.41) is 3.57. The predicted molar refractivity (Wildman–Crippen MR) is 125 cm³/mol. The number of pyridine rings is 4. The Balaban J connectivity index is 1.57. The second-order valence-electron chi connectivity index (χ2n) is 8.00. The topological polar surface area (TPSA) is 63.6 Å². The van der Waals surface area contributed by atoms with Gasteiger partial charge in [0, 0.05) is 37.9 Å². The van der Waals surface area contributed by atoms with Crippen LogP contribution in [0.3, 0.4) is 0 Å². The lowest BCUT2D eigenvalue weighted by Crippen LogP contribution is -2.50. The van der Waals surface area contributed by atoms with Gasteiger partial charge in [0.1, 0.15) is 19.6 Å². The lowest BCUT2D eigenvalue weighted by atomic mass is 10.2. The van der Waals surface area contributed by atoms with Gasteiger partial charge in [0.15, 0.2) is 0 Å². The number of quaternary nitrogens is 1. The molecular weight excluding hydrogens is 396 g/mol. The van der Waals surface area contributed by atoms with Gasteiger partial charge in [0.2, 0.25) is 0 Å². The molecule has 0 atom stereocenters. The first-order chi connectivity index (χ1) is 15.8. The molecule has 0 aliphatic heterocycles. The minimum absolute atomic E-state index is 0.748. The van der Waals surface area contributed by atoms with Crippen molar-refractivity contribution in [2.75, 3.05) is 13.1 Å². The molecule has 0 unspecified atom stereocenters. The number of nitrogens with zero attached hydrogens (tertiary/aromatic N) is 5. The van der Waals surface area contributed by atoms with Crippen LogP contribution in [0.2, 0.25) is 0 Å². The zero-order valence-corrected chi connectivity index (χ0v) is 18.2. The Morgan fingerprint density at radius 1 is 0.531 bits per heavy atom. The van der Waals surface area contributed by atoms with Crippen LogP contribution in [0.5, 0.6) is 0 Å². The molecule has 32 heavy (non-hydrogen) atoms. The summed E-state index contributed by atoms with van der Waals surface area (Å²) in [5.41, 5.74) is 4.27. The lowest BCUT2D eigenvalue weighted by molar-refractivity contribution is -0.965. The maximum atomic E-state index is 4.64. The maximum absolute atomic E-state index is 4.64. The van der Waals surface area contributed by atoms with Crippen LogP contribution in [0.1, 0.15) is 22.8 Å². The fourth-order valence-electron chi connectivity index (χ4n) is 3.95. The predicted octanol–water partition coefficient (Wildman–Crippen LogP) is 3.77. The number of nitrogens with one attached hydrogen (secondary N) is 1. The molecule has 0 bridgehead atoms. The Kier molecular flexibility index (Phi) is 7.63. The second-order valence-corrected chi connectivity index (χ2v) is 8.00. The standard InChI is InChI=1S/C26H29N6/c1-5-13-28-23(9-1)19-27-17-18-32(20-24-10-2-6-14-29-24,21-25-11-3-7-15-30-25)22-26-12-4-8-16-31-26/h1-16,27H,17-22H2/q+1. The molecule has 4 heterocycles. The Bertz CT molecular complexity index is 941. The molecule has 0 aliphatic rings. The number of rotatable bonds is 11. The van der Waals surface area contributed by atoms with Crippen molar-refractivity contribution in [3.8, 4) is 0 Å². The fourth-order valence-corrected chi connectivity index (χ4v) is 3.95. The highest BCUT2D eigenvalue weighted by molar-refractivity contribution is 5.06. The van der Waals surface area contributed by atoms with Crippen LogP contribution < -0.4 is 5.32 Å². The van der Waals surface area contributed by atoms with Crippen LogP contribution in [0.15, 0.2) is 97.6 Å². The summed E-state index contributed by atoms with van der Waals surface area (Å²) in [6.45, 7) is 4.93. The zero-order valence-electron chi connectivity index (χ0n) is 18.2. The molecule has 6 nitrogen and oxygen atoms in total. The summed E-state index contributed by atoms with van der Waals surface area (Å²) in [6.07, 6.45) is 7.43. The van der Waals surface area contributed by atoms with E-state index in [1.165, 1.54) is 0 Å². The number of hydrogen-bond donors (Lipinski definition) is 1. The van der Waals surface area contributed by atoms with Crippen molar-refractivity contribution in [1.82, 2.24) is 25.3 Å². The molecule has 1 N–H and O–H groups in total. The molecule has 0 spiro atoms. The molecule has 4 rings (SSSR count). The normalized spacial score (nSPS) is 11.4. The SMILES string of the molecule is c1ccc(CNCC[N+](Cc2ccccn2)(Cc2ccccn2)Cc2ccccn2)nc1. The van der Waals surface area contributed by atoms with E-state index in [0.717, 1.165) is 66.5 Å². The van der Waals surface area contributed by atoms with E-state index in [0.29, 0.717) is 0 Å². The summed E-state index contributed by atoms with van der Waals surface area (Å²) in [7, 11) is 0. The minimum Gasteiger partial charge on any atom is -0.307 e. The van der Waals surface area contributed by atoms with Gasteiger partial charge in [0.05, 0.1) is 29.3 Å². The molecule has 0 saturated carbocycles. The number of hydrogen-bond acceptors (Lipinski definition) is 5. The van der Waals surface area contributed by atoms with Crippen molar-refractivity contribution in [3.05, 3.63) is 120 Å². The van der Waals surface area contributed by atoms with Crippen LogP contribution in [0, 0.1) is 0 Å². The van der Waals surface area contributed by atoms with E-state index in [2.05, 4.69) is 61.7 Å². The molecule has 0 aromatic carbocycles. The van der Waals surface area contributed by atoms with Crippen LogP contribution >= 0.6 is 0 Å². The fraction of sp³-hybridized carbons (Fsp3) is 0.231. The van der Waals surface area contributed by atoms with Gasteiger partial charge in [-0.1, -0.05) is 24.3 Å². The first-order valence-electron chi connectivity index (χ1n) is 11.0. The van der Waals surface area contributed by atoms with Gasteiger partial charge in [-0.3, -0.25) is 19.9 Å². The van der Waals surface area contributed by atoms with Gasteiger partial charge < -0.3 is 9.80 Å². The molecule has 0 saturated heterocycles. The van der Waals surface area contributed by atoms with Gasteiger partial charge in [-0.25, -0.2) is 0 Å². The maximum Gasteiger partial charge on any atom is 0.122 e. The highest BCUT2D eigenvalue weighted by Gasteiger charge is 2.30. The van der Waals surface area contributed by atoms with Gasteiger partial charge in [-0.15, -0.1) is 0 Å². The van der Waals surface area contributed by atoms with E-state index in [1.807, 2.05) is 61.2 Å². The van der Waals surface area contributed by atoms with Crippen LogP contribution in [-0.4, -0.2) is 37.5 Å². The lowest BCUT2D eigenvalue weighted by Gasteiger charge is -2.38. The molecule has 6 heteroatoms. The van der Waals surface area contributed by atoms with Crippen molar-refractivity contribution in [2.24, 2.45) is 0 Å². The number of aromatic nitrogens is 4. The highest BCUT2D eigenvalue weighted by atomic mass is 15.4. The van der Waals surface area contributed by atoms with E-state index in [9.17, 15) is 0 Å². The Morgan fingerprint density at radius 3 is 1.31 bits per heavy atom. The third-order valence-corrected chi connectivity index (χ3v) is 5.47. The van der Waals surface area contributed by atoms with Crippen molar-refractivity contribution in [3.63, 3.8) is 0 Å². The Hall–Kier alpha value is -3.48. The summed E-state index contributed by atoms with van der Waals surface area (Å²) in [6, 6.07) is 24.4. The first kappa shape index (κ1) is 21.7. The van der Waals surface area contributed by atoms with E-state index < -0.39 is 0 Å². The smallest absolute Gasteiger partial charge is 0.122 e. The van der Waals surface area contributed by atoms with E-state index in [4.69, 9.17) is 0 Å². The Labute approximate surface area is 189 Å². The van der Waals surface area contributed by atoms with Gasteiger partial charge in [-0.05, 0) is 48.5 Å². The van der Waals surface area contributed by atoms with E-state index in [1.54, 1.807) is 0 Å². The third-order valence-electron chi connectivity index (χ3n) is 5.47. The second kappa shape index (κ2) is 11.2. The summed E-state index contributed by atoms with van der Waals surface area (Å²) in [5.74, 6) is 0. The van der Waals surface area contributed by atoms with E-state index in [-0.39, 0.29) is 0 Å². The summed E-state index contributed by atoms with van der Waals surface area (Å²) < 4.78 is 0.778. The molecule has 162 valence electrons. The molecule has 0 aliphatic carbocycles. The minimum atomic E-state index is 0.748. The van der Waals surface area contributed by atoms with Gasteiger partial charge in [0.25, 0.3) is 0 Å². The molecule has 0 fully saturated rings. The summed E-state index contributed by atoms with van der Waals surface area (Å²) in [4.78, 5) is 18.3. The molecule has 0 radical (unpaired) electrons. The molecule has 4 aromatic heterocycles. The molecule has 0 amide bonds. The van der Waals surface area contributed by atoms with Gasteiger partial charge in [-0.2, -0.15) is 0 Å². The van der Waals surface area contributed by atoms with Crippen molar-refractivity contribution in [2.45, 2.75) is 26.2 Å². The average Bonchev–Trinajstić information content (AvgIpc) is 2.84. The monoisotopic (exact) mass is 425 g/mol. The average molecular weight is 426 g/mol. The van der Waals surface area contributed by atoms with Crippen molar-refractivity contribution in [1.29, 1.82) is 0 Å². The van der Waals surface area contributed by atoms with Crippen molar-refractivity contribution < 1.29 is 4.48 Å². The zero-order chi connectivity index (χ0) is 21.9. The quantitative estimate of drug-likeness (QED) is 0.293. The first-order valence-corrected chi connectivity index (χ1v) is 11.0. The third kappa shape index (κ3) is 6.51. The highest BCUT2D eigenvalue weighted by Crippen LogP contribution is 2.22. The van der Waals surface area contributed by atoms with Crippen LogP contribution in [0.25, 0.3) is 0 Å². The van der Waals surface area contributed by atoms with Crippen LogP contribution in [-0.2, 0) is 26.2 Å². The van der Waals surface area contributed by atoms with E-state index >= 15 is 0 Å². The molecule has 4 aromatic rings.